The van der Waals surface area contributed by atoms with Crippen molar-refractivity contribution >= 4 is 0 Å². The molecule has 1 aliphatic heterocycles. The van der Waals surface area contributed by atoms with Crippen LogP contribution in [0.5, 0.6) is 0 Å². The van der Waals surface area contributed by atoms with E-state index < -0.39 is 0 Å². The zero-order valence-corrected chi connectivity index (χ0v) is 7.59. The van der Waals surface area contributed by atoms with Crippen molar-refractivity contribution in [3.63, 3.8) is 0 Å². The number of benzene rings is 1. The third-order valence-corrected chi connectivity index (χ3v) is 2.62. The molecule has 1 N–H and O–H groups in total. The van der Waals surface area contributed by atoms with Gasteiger partial charge in [0.15, 0.2) is 0 Å². The molecule has 2 rings (SSSR count). The summed E-state index contributed by atoms with van der Waals surface area (Å²) in [6.45, 7) is 2.09. The standard InChI is InChI=1S/C11H14FN/c12-11-5-1-3-9(7-11)10-4-2-6-13-8-10/h1,3,5,7,10,13H,2,4,6,8H2/t10-/m1/s1. The first-order valence-corrected chi connectivity index (χ1v) is 4.82. The lowest BCUT2D eigenvalue weighted by Gasteiger charge is -2.22. The van der Waals surface area contributed by atoms with E-state index in [9.17, 15) is 4.39 Å². The number of halogens is 1. The van der Waals surface area contributed by atoms with E-state index in [0.717, 1.165) is 18.7 Å². The van der Waals surface area contributed by atoms with Crippen LogP contribution in [-0.4, -0.2) is 13.1 Å². The van der Waals surface area contributed by atoms with E-state index in [2.05, 4.69) is 5.32 Å². The van der Waals surface area contributed by atoms with Gasteiger partial charge in [0, 0.05) is 6.54 Å². The van der Waals surface area contributed by atoms with Gasteiger partial charge in [0.1, 0.15) is 5.82 Å². The first-order chi connectivity index (χ1) is 6.36. The van der Waals surface area contributed by atoms with E-state index in [4.69, 9.17) is 0 Å². The van der Waals surface area contributed by atoms with Crippen LogP contribution in [0, 0.1) is 5.82 Å². The first kappa shape index (κ1) is 8.70. The normalized spacial score (nSPS) is 23.0. The number of rotatable bonds is 1. The Morgan fingerprint density at radius 2 is 2.31 bits per heavy atom. The van der Waals surface area contributed by atoms with Crippen LogP contribution in [0.15, 0.2) is 24.3 Å². The fourth-order valence-electron chi connectivity index (χ4n) is 1.90. The third-order valence-electron chi connectivity index (χ3n) is 2.62. The Hall–Kier alpha value is -0.890. The van der Waals surface area contributed by atoms with Crippen LogP contribution in [0.1, 0.15) is 24.3 Å². The van der Waals surface area contributed by atoms with Gasteiger partial charge in [-0.2, -0.15) is 0 Å². The molecule has 0 radical (unpaired) electrons. The largest absolute Gasteiger partial charge is 0.316 e. The maximum Gasteiger partial charge on any atom is 0.123 e. The molecular formula is C11H14FN. The average molecular weight is 179 g/mol. The summed E-state index contributed by atoms with van der Waals surface area (Å²) >= 11 is 0. The van der Waals surface area contributed by atoms with Gasteiger partial charge in [-0.15, -0.1) is 0 Å². The van der Waals surface area contributed by atoms with E-state index in [1.54, 1.807) is 12.1 Å². The van der Waals surface area contributed by atoms with Crippen molar-refractivity contribution in [3.8, 4) is 0 Å². The molecule has 1 heterocycles. The SMILES string of the molecule is Fc1cccc([C@@H]2CCCNC2)c1. The van der Waals surface area contributed by atoms with Crippen molar-refractivity contribution < 1.29 is 4.39 Å². The van der Waals surface area contributed by atoms with E-state index in [-0.39, 0.29) is 5.82 Å². The lowest BCUT2D eigenvalue weighted by atomic mass is 9.92. The maximum absolute atomic E-state index is 12.9. The van der Waals surface area contributed by atoms with E-state index >= 15 is 0 Å². The molecule has 1 aromatic rings. The summed E-state index contributed by atoms with van der Waals surface area (Å²) in [6.07, 6.45) is 2.37. The Bertz CT molecular complexity index is 279. The van der Waals surface area contributed by atoms with Gasteiger partial charge in [-0.1, -0.05) is 12.1 Å². The van der Waals surface area contributed by atoms with Crippen LogP contribution in [0.25, 0.3) is 0 Å². The summed E-state index contributed by atoms with van der Waals surface area (Å²) in [5.74, 6) is 0.382. The smallest absolute Gasteiger partial charge is 0.123 e. The maximum atomic E-state index is 12.9. The predicted molar refractivity (Wildman–Crippen MR) is 51.2 cm³/mol. The second kappa shape index (κ2) is 3.88. The summed E-state index contributed by atoms with van der Waals surface area (Å²) < 4.78 is 12.9. The summed E-state index contributed by atoms with van der Waals surface area (Å²) in [5.41, 5.74) is 1.13. The van der Waals surface area contributed by atoms with Crippen molar-refractivity contribution in [2.75, 3.05) is 13.1 Å². The highest BCUT2D eigenvalue weighted by Crippen LogP contribution is 2.23. The minimum Gasteiger partial charge on any atom is -0.316 e. The molecule has 1 atom stereocenters. The predicted octanol–water partition coefficient (Wildman–Crippen LogP) is 2.29. The van der Waals surface area contributed by atoms with Gasteiger partial charge in [0.05, 0.1) is 0 Å². The van der Waals surface area contributed by atoms with Crippen LogP contribution in [-0.2, 0) is 0 Å². The molecule has 1 aliphatic rings. The van der Waals surface area contributed by atoms with Gasteiger partial charge in [0.2, 0.25) is 0 Å². The van der Waals surface area contributed by atoms with Gasteiger partial charge in [-0.3, -0.25) is 0 Å². The molecule has 0 aliphatic carbocycles. The molecule has 0 bridgehead atoms. The molecule has 1 aromatic carbocycles. The molecule has 0 aromatic heterocycles. The first-order valence-electron chi connectivity index (χ1n) is 4.82. The molecule has 0 spiro atoms. The van der Waals surface area contributed by atoms with Crippen LogP contribution < -0.4 is 5.32 Å². The summed E-state index contributed by atoms with van der Waals surface area (Å²) in [5, 5.41) is 3.33. The van der Waals surface area contributed by atoms with E-state index in [0.29, 0.717) is 5.92 Å². The minimum atomic E-state index is -0.122. The Labute approximate surface area is 78.0 Å². The van der Waals surface area contributed by atoms with Crippen LogP contribution in [0.3, 0.4) is 0 Å². The Morgan fingerprint density at radius 3 is 3.00 bits per heavy atom. The topological polar surface area (TPSA) is 12.0 Å². The molecule has 0 saturated carbocycles. The van der Waals surface area contributed by atoms with Gasteiger partial charge in [0.25, 0.3) is 0 Å². The zero-order valence-electron chi connectivity index (χ0n) is 7.59. The molecule has 13 heavy (non-hydrogen) atoms. The highest BCUT2D eigenvalue weighted by Gasteiger charge is 2.14. The molecule has 0 amide bonds. The average Bonchev–Trinajstić information content (AvgIpc) is 2.19. The van der Waals surface area contributed by atoms with Gasteiger partial charge < -0.3 is 5.32 Å². The lowest BCUT2D eigenvalue weighted by Crippen LogP contribution is -2.28. The zero-order chi connectivity index (χ0) is 9.10. The van der Waals surface area contributed by atoms with Gasteiger partial charge >= 0.3 is 0 Å². The monoisotopic (exact) mass is 179 g/mol. The number of nitrogens with one attached hydrogen (secondary N) is 1. The third kappa shape index (κ3) is 2.07. The van der Waals surface area contributed by atoms with Crippen molar-refractivity contribution in [3.05, 3.63) is 35.6 Å². The molecule has 2 heteroatoms. The second-order valence-corrected chi connectivity index (χ2v) is 3.60. The second-order valence-electron chi connectivity index (χ2n) is 3.60. The molecule has 1 nitrogen and oxygen atoms in total. The van der Waals surface area contributed by atoms with Gasteiger partial charge in [-0.25, -0.2) is 4.39 Å². The lowest BCUT2D eigenvalue weighted by molar-refractivity contribution is 0.460. The van der Waals surface area contributed by atoms with E-state index in [1.165, 1.54) is 18.9 Å². The molecule has 70 valence electrons. The molecule has 1 saturated heterocycles. The summed E-state index contributed by atoms with van der Waals surface area (Å²) in [4.78, 5) is 0. The molecular weight excluding hydrogens is 165 g/mol. The summed E-state index contributed by atoms with van der Waals surface area (Å²) in [6, 6.07) is 6.96. The fourth-order valence-corrected chi connectivity index (χ4v) is 1.90. The quantitative estimate of drug-likeness (QED) is 0.697. The summed E-state index contributed by atoms with van der Waals surface area (Å²) in [7, 11) is 0. The number of hydrogen-bond donors (Lipinski definition) is 1. The highest BCUT2D eigenvalue weighted by atomic mass is 19.1. The number of hydrogen-bond acceptors (Lipinski definition) is 1. The van der Waals surface area contributed by atoms with Crippen LogP contribution >= 0.6 is 0 Å². The van der Waals surface area contributed by atoms with Crippen molar-refractivity contribution in [2.24, 2.45) is 0 Å². The highest BCUT2D eigenvalue weighted by molar-refractivity contribution is 5.21. The van der Waals surface area contributed by atoms with Crippen molar-refractivity contribution in [2.45, 2.75) is 18.8 Å². The van der Waals surface area contributed by atoms with Crippen LogP contribution in [0.2, 0.25) is 0 Å². The molecule has 1 fully saturated rings. The minimum absolute atomic E-state index is 0.122. The van der Waals surface area contributed by atoms with E-state index in [1.807, 2.05) is 6.07 Å². The van der Waals surface area contributed by atoms with Crippen molar-refractivity contribution in [1.29, 1.82) is 0 Å². The fraction of sp³-hybridized carbons (Fsp3) is 0.455. The van der Waals surface area contributed by atoms with Crippen LogP contribution in [0.4, 0.5) is 4.39 Å². The number of piperidine rings is 1. The Morgan fingerprint density at radius 1 is 1.38 bits per heavy atom. The Kier molecular flexibility index (Phi) is 2.60. The van der Waals surface area contributed by atoms with Crippen molar-refractivity contribution in [1.82, 2.24) is 5.32 Å². The Balaban J connectivity index is 2.14. The van der Waals surface area contributed by atoms with Gasteiger partial charge in [-0.05, 0) is 43.0 Å². The molecule has 0 unspecified atom stereocenters.